The maximum atomic E-state index is 12.6. The van der Waals surface area contributed by atoms with Gasteiger partial charge in [0.05, 0.1) is 29.7 Å². The maximum Gasteiger partial charge on any atom is 0.410 e. The molecule has 0 aromatic heterocycles. The summed E-state index contributed by atoms with van der Waals surface area (Å²) >= 11 is 5.81. The van der Waals surface area contributed by atoms with Crippen LogP contribution in [0.4, 0.5) is 13.6 Å². The van der Waals surface area contributed by atoms with Crippen molar-refractivity contribution in [2.24, 2.45) is 11.5 Å². The number of halogens is 3. The van der Waals surface area contributed by atoms with Crippen LogP contribution in [0.15, 0.2) is 18.2 Å². The van der Waals surface area contributed by atoms with Crippen molar-refractivity contribution in [1.82, 2.24) is 4.90 Å². The van der Waals surface area contributed by atoms with Crippen LogP contribution in [-0.2, 0) is 4.74 Å². The van der Waals surface area contributed by atoms with Gasteiger partial charge in [-0.1, -0.05) is 17.7 Å². The van der Waals surface area contributed by atoms with E-state index in [1.165, 1.54) is 12.1 Å². The van der Waals surface area contributed by atoms with Crippen LogP contribution >= 0.6 is 11.6 Å². The Labute approximate surface area is 129 Å². The second-order valence-corrected chi connectivity index (χ2v) is 5.41. The third-order valence-electron chi connectivity index (χ3n) is 3.17. The summed E-state index contributed by atoms with van der Waals surface area (Å²) in [6, 6.07) is 3.68. The minimum absolute atomic E-state index is 0.100. The number of amides is 2. The summed E-state index contributed by atoms with van der Waals surface area (Å²) in [5.74, 6) is -3.56. The summed E-state index contributed by atoms with van der Waals surface area (Å²) in [5.41, 5.74) is 11.6. The molecule has 4 N–H and O–H groups in total. The van der Waals surface area contributed by atoms with Crippen molar-refractivity contribution in [3.63, 3.8) is 0 Å². The standard InChI is InChI=1S/C13H14ClF2N3O3/c14-9-2-1-7(3-8(9)11(18)20)10(17)4-22-12(21)19-5-13(15,16)6-19/h1-3,10H,4-6,17H2,(H2,18,20). The molecule has 9 heteroatoms. The number of likely N-dealkylation sites (tertiary alicyclic amines) is 1. The minimum atomic E-state index is -2.85. The van der Waals surface area contributed by atoms with Gasteiger partial charge in [0.2, 0.25) is 5.91 Å². The number of primary amides is 1. The first kappa shape index (κ1) is 16.4. The monoisotopic (exact) mass is 333 g/mol. The van der Waals surface area contributed by atoms with E-state index in [9.17, 15) is 18.4 Å². The van der Waals surface area contributed by atoms with Crippen molar-refractivity contribution in [1.29, 1.82) is 0 Å². The van der Waals surface area contributed by atoms with Crippen molar-refractivity contribution in [2.75, 3.05) is 19.7 Å². The lowest BCUT2D eigenvalue weighted by Crippen LogP contribution is -2.58. The SMILES string of the molecule is NC(=O)c1cc(C(N)COC(=O)N2CC(F)(F)C2)ccc1Cl. The van der Waals surface area contributed by atoms with Crippen LogP contribution in [0.5, 0.6) is 0 Å². The van der Waals surface area contributed by atoms with Gasteiger partial charge in [-0.25, -0.2) is 13.6 Å². The smallest absolute Gasteiger partial charge is 0.410 e. The highest BCUT2D eigenvalue weighted by Crippen LogP contribution is 2.27. The molecule has 0 saturated carbocycles. The van der Waals surface area contributed by atoms with Crippen LogP contribution in [-0.4, -0.2) is 42.5 Å². The molecule has 1 unspecified atom stereocenters. The van der Waals surface area contributed by atoms with Gasteiger partial charge in [0.25, 0.3) is 5.92 Å². The first-order valence-corrected chi connectivity index (χ1v) is 6.72. The minimum Gasteiger partial charge on any atom is -0.447 e. The summed E-state index contributed by atoms with van der Waals surface area (Å²) < 4.78 is 30.1. The number of nitrogens with two attached hydrogens (primary N) is 2. The first-order chi connectivity index (χ1) is 10.2. The van der Waals surface area contributed by atoms with Crippen LogP contribution in [0, 0.1) is 0 Å². The molecule has 6 nitrogen and oxygen atoms in total. The van der Waals surface area contributed by atoms with Crippen LogP contribution in [0.25, 0.3) is 0 Å². The highest BCUT2D eigenvalue weighted by Gasteiger charge is 2.47. The molecular weight excluding hydrogens is 320 g/mol. The fourth-order valence-corrected chi connectivity index (χ4v) is 2.16. The van der Waals surface area contributed by atoms with Crippen LogP contribution in [0.2, 0.25) is 5.02 Å². The first-order valence-electron chi connectivity index (χ1n) is 6.34. The summed E-state index contributed by atoms with van der Waals surface area (Å²) in [5, 5.41) is 0.184. The number of nitrogens with zero attached hydrogens (tertiary/aromatic N) is 1. The molecule has 1 heterocycles. The Bertz CT molecular complexity index is 604. The molecule has 1 aromatic carbocycles. The fraction of sp³-hybridized carbons (Fsp3) is 0.385. The number of rotatable bonds is 4. The third-order valence-corrected chi connectivity index (χ3v) is 3.50. The predicted molar refractivity (Wildman–Crippen MR) is 74.8 cm³/mol. The predicted octanol–water partition coefficient (Wildman–Crippen LogP) is 1.53. The van der Waals surface area contributed by atoms with E-state index in [2.05, 4.69) is 0 Å². The van der Waals surface area contributed by atoms with E-state index < -0.39 is 37.1 Å². The van der Waals surface area contributed by atoms with Gasteiger partial charge in [0.15, 0.2) is 0 Å². The maximum absolute atomic E-state index is 12.6. The van der Waals surface area contributed by atoms with Gasteiger partial charge >= 0.3 is 6.09 Å². The third kappa shape index (κ3) is 3.63. The molecule has 22 heavy (non-hydrogen) atoms. The Morgan fingerprint density at radius 2 is 2.05 bits per heavy atom. The van der Waals surface area contributed by atoms with E-state index >= 15 is 0 Å². The number of hydrogen-bond acceptors (Lipinski definition) is 4. The Kier molecular flexibility index (Phi) is 4.52. The summed E-state index contributed by atoms with van der Waals surface area (Å²) in [6.07, 6.45) is -0.856. The van der Waals surface area contributed by atoms with Crippen LogP contribution in [0.3, 0.4) is 0 Å². The molecule has 0 bridgehead atoms. The van der Waals surface area contributed by atoms with E-state index in [1.54, 1.807) is 6.07 Å². The zero-order valence-corrected chi connectivity index (χ0v) is 12.1. The average molecular weight is 334 g/mol. The molecule has 1 fully saturated rings. The highest BCUT2D eigenvalue weighted by molar-refractivity contribution is 6.33. The Balaban J connectivity index is 1.92. The number of hydrogen-bond donors (Lipinski definition) is 2. The Morgan fingerprint density at radius 1 is 1.41 bits per heavy atom. The number of carbonyl (C=O) groups is 2. The lowest BCUT2D eigenvalue weighted by atomic mass is 10.0. The second-order valence-electron chi connectivity index (χ2n) is 5.00. The molecule has 1 aliphatic rings. The van der Waals surface area contributed by atoms with E-state index in [0.717, 1.165) is 4.90 Å². The molecular formula is C13H14ClF2N3O3. The van der Waals surface area contributed by atoms with Crippen molar-refractivity contribution < 1.29 is 23.1 Å². The van der Waals surface area contributed by atoms with E-state index in [1.807, 2.05) is 0 Å². The number of ether oxygens (including phenoxy) is 1. The number of alkyl halides is 2. The second kappa shape index (κ2) is 6.05. The number of carbonyl (C=O) groups excluding carboxylic acids is 2. The molecule has 1 aromatic rings. The summed E-state index contributed by atoms with van der Waals surface area (Å²) in [6.45, 7) is -1.54. The molecule has 1 saturated heterocycles. The van der Waals surface area contributed by atoms with Gasteiger partial charge in [-0.2, -0.15) is 0 Å². The summed E-state index contributed by atoms with van der Waals surface area (Å²) in [7, 11) is 0. The van der Waals surface area contributed by atoms with Gasteiger partial charge in [0, 0.05) is 0 Å². The average Bonchev–Trinajstić information content (AvgIpc) is 2.41. The van der Waals surface area contributed by atoms with Crippen LogP contribution in [0.1, 0.15) is 22.0 Å². The normalized spacial score (nSPS) is 17.5. The molecule has 1 atom stereocenters. The van der Waals surface area contributed by atoms with Crippen LogP contribution < -0.4 is 11.5 Å². The molecule has 0 spiro atoms. The molecule has 1 aliphatic heterocycles. The van der Waals surface area contributed by atoms with Crippen molar-refractivity contribution in [3.05, 3.63) is 34.3 Å². The molecule has 0 radical (unpaired) electrons. The van der Waals surface area contributed by atoms with Gasteiger partial charge in [-0.05, 0) is 17.7 Å². The molecule has 2 amide bonds. The lowest BCUT2D eigenvalue weighted by Gasteiger charge is -2.37. The largest absolute Gasteiger partial charge is 0.447 e. The zero-order chi connectivity index (χ0) is 16.5. The van der Waals surface area contributed by atoms with E-state index in [0.29, 0.717) is 5.56 Å². The highest BCUT2D eigenvalue weighted by atomic mass is 35.5. The number of benzene rings is 1. The Hall–Kier alpha value is -1.93. The quantitative estimate of drug-likeness (QED) is 0.872. The topological polar surface area (TPSA) is 98.6 Å². The molecule has 0 aliphatic carbocycles. The molecule has 120 valence electrons. The zero-order valence-electron chi connectivity index (χ0n) is 11.4. The van der Waals surface area contributed by atoms with Crippen molar-refractivity contribution in [3.8, 4) is 0 Å². The Morgan fingerprint density at radius 3 is 2.59 bits per heavy atom. The van der Waals surface area contributed by atoms with Gasteiger partial charge in [-0.15, -0.1) is 0 Å². The molecule has 2 rings (SSSR count). The van der Waals surface area contributed by atoms with Crippen molar-refractivity contribution >= 4 is 23.6 Å². The fourth-order valence-electron chi connectivity index (χ4n) is 1.95. The van der Waals surface area contributed by atoms with Gasteiger partial charge in [-0.3, -0.25) is 9.69 Å². The van der Waals surface area contributed by atoms with Gasteiger partial charge < -0.3 is 16.2 Å². The van der Waals surface area contributed by atoms with Crippen molar-refractivity contribution in [2.45, 2.75) is 12.0 Å². The summed E-state index contributed by atoms with van der Waals surface area (Å²) in [4.78, 5) is 23.6. The van der Waals surface area contributed by atoms with Gasteiger partial charge in [0.1, 0.15) is 6.61 Å². The lowest BCUT2D eigenvalue weighted by molar-refractivity contribution is -0.120. The van der Waals surface area contributed by atoms with E-state index in [-0.39, 0.29) is 17.2 Å². The van der Waals surface area contributed by atoms with E-state index in [4.69, 9.17) is 27.8 Å².